The topological polar surface area (TPSA) is 63.6 Å². The molecule has 0 fully saturated rings. The van der Waals surface area contributed by atoms with E-state index in [2.05, 4.69) is 21.8 Å². The van der Waals surface area contributed by atoms with Crippen molar-refractivity contribution in [2.24, 2.45) is 0 Å². The van der Waals surface area contributed by atoms with Gasteiger partial charge in [0.1, 0.15) is 0 Å². The molecule has 0 aliphatic carbocycles. The number of aromatic amines is 1. The summed E-state index contributed by atoms with van der Waals surface area (Å²) < 4.78 is 1.98. The van der Waals surface area contributed by atoms with E-state index in [0.717, 1.165) is 22.3 Å². The van der Waals surface area contributed by atoms with Crippen LogP contribution in [0.5, 0.6) is 0 Å². The van der Waals surface area contributed by atoms with Crippen LogP contribution in [0.1, 0.15) is 10.4 Å². The van der Waals surface area contributed by atoms with Gasteiger partial charge < -0.3 is 4.98 Å². The van der Waals surface area contributed by atoms with Gasteiger partial charge in [0, 0.05) is 34.8 Å². The van der Waals surface area contributed by atoms with Crippen LogP contribution in [-0.4, -0.2) is 31.3 Å². The van der Waals surface area contributed by atoms with Gasteiger partial charge in [-0.2, -0.15) is 0 Å². The molecule has 0 bridgehead atoms. The largest absolute Gasteiger partial charge is 0.360 e. The van der Waals surface area contributed by atoms with E-state index in [1.165, 1.54) is 11.8 Å². The molecule has 0 atom stereocenters. The van der Waals surface area contributed by atoms with E-state index in [4.69, 9.17) is 0 Å². The van der Waals surface area contributed by atoms with Crippen molar-refractivity contribution in [3.63, 3.8) is 0 Å². The van der Waals surface area contributed by atoms with Crippen LogP contribution in [0.4, 0.5) is 0 Å². The highest BCUT2D eigenvalue weighted by molar-refractivity contribution is 7.99. The molecule has 0 aliphatic rings. The maximum absolute atomic E-state index is 12.7. The number of thioether (sulfide) groups is 1. The zero-order valence-corrected chi connectivity index (χ0v) is 15.4. The number of benzene rings is 2. The second-order valence-corrected chi connectivity index (χ2v) is 6.97. The number of para-hydroxylation sites is 1. The Morgan fingerprint density at radius 3 is 2.70 bits per heavy atom. The molecule has 2 heterocycles. The Hall–Kier alpha value is -3.12. The van der Waals surface area contributed by atoms with Crippen LogP contribution in [0.2, 0.25) is 0 Å². The van der Waals surface area contributed by atoms with Gasteiger partial charge in [-0.1, -0.05) is 66.4 Å². The minimum atomic E-state index is 0.0619. The minimum absolute atomic E-state index is 0.0619. The van der Waals surface area contributed by atoms with E-state index < -0.39 is 0 Å². The molecule has 0 aliphatic heterocycles. The summed E-state index contributed by atoms with van der Waals surface area (Å²) in [5, 5.41) is 10.3. The second-order valence-electron chi connectivity index (χ2n) is 6.03. The molecule has 0 spiro atoms. The lowest BCUT2D eigenvalue weighted by Crippen LogP contribution is -2.05. The van der Waals surface area contributed by atoms with Gasteiger partial charge in [0.25, 0.3) is 0 Å². The lowest BCUT2D eigenvalue weighted by Gasteiger charge is -2.07. The Morgan fingerprint density at radius 2 is 1.89 bits per heavy atom. The number of rotatable bonds is 7. The Bertz CT molecular complexity index is 1100. The molecule has 2 aromatic heterocycles. The number of nitrogens with one attached hydrogen (secondary N) is 1. The molecule has 27 heavy (non-hydrogen) atoms. The van der Waals surface area contributed by atoms with Crippen LogP contribution in [0.25, 0.3) is 22.3 Å². The summed E-state index contributed by atoms with van der Waals surface area (Å²) in [7, 11) is 0. The molecule has 0 saturated carbocycles. The van der Waals surface area contributed by atoms with Crippen molar-refractivity contribution in [3.05, 3.63) is 79.0 Å². The summed E-state index contributed by atoms with van der Waals surface area (Å²) in [6, 6.07) is 17.7. The van der Waals surface area contributed by atoms with E-state index in [0.29, 0.717) is 23.0 Å². The monoisotopic (exact) mass is 374 g/mol. The van der Waals surface area contributed by atoms with Gasteiger partial charge in [0.05, 0.1) is 5.75 Å². The van der Waals surface area contributed by atoms with Crippen molar-refractivity contribution in [3.8, 4) is 11.4 Å². The molecule has 0 radical (unpaired) electrons. The van der Waals surface area contributed by atoms with Crippen LogP contribution < -0.4 is 0 Å². The molecule has 0 unspecified atom stereocenters. The summed E-state index contributed by atoms with van der Waals surface area (Å²) in [6.07, 6.45) is 3.58. The van der Waals surface area contributed by atoms with E-state index in [9.17, 15) is 4.79 Å². The second kappa shape index (κ2) is 7.63. The third-order valence-electron chi connectivity index (χ3n) is 4.28. The van der Waals surface area contributed by atoms with Crippen molar-refractivity contribution in [2.45, 2.75) is 11.7 Å². The molecular formula is C21H18N4OS. The van der Waals surface area contributed by atoms with Crippen LogP contribution in [-0.2, 0) is 6.54 Å². The summed E-state index contributed by atoms with van der Waals surface area (Å²) >= 11 is 1.40. The molecule has 1 N–H and O–H groups in total. The number of hydrogen-bond acceptors (Lipinski definition) is 4. The van der Waals surface area contributed by atoms with Gasteiger partial charge >= 0.3 is 0 Å². The Balaban J connectivity index is 1.57. The molecule has 6 heteroatoms. The fourth-order valence-electron chi connectivity index (χ4n) is 3.00. The first-order valence-electron chi connectivity index (χ1n) is 8.59. The summed E-state index contributed by atoms with van der Waals surface area (Å²) in [5.74, 6) is 1.13. The van der Waals surface area contributed by atoms with E-state index >= 15 is 0 Å². The Labute approximate surface area is 161 Å². The summed E-state index contributed by atoms with van der Waals surface area (Å²) in [6.45, 7) is 4.41. The molecule has 2 aromatic carbocycles. The van der Waals surface area contributed by atoms with Crippen LogP contribution in [0.3, 0.4) is 0 Å². The lowest BCUT2D eigenvalue weighted by molar-refractivity contribution is 0.102. The van der Waals surface area contributed by atoms with E-state index in [-0.39, 0.29) is 5.78 Å². The average molecular weight is 374 g/mol. The fourth-order valence-corrected chi connectivity index (χ4v) is 3.83. The Kier molecular flexibility index (Phi) is 4.89. The van der Waals surface area contributed by atoms with Crippen molar-refractivity contribution in [1.82, 2.24) is 19.7 Å². The number of H-pyrrole nitrogens is 1. The number of allylic oxidation sites excluding steroid dienone is 1. The number of carbonyl (C=O) groups excluding carboxylic acids is 1. The number of fused-ring (bicyclic) bond motifs is 1. The van der Waals surface area contributed by atoms with Crippen LogP contribution in [0, 0.1) is 0 Å². The number of carbonyl (C=O) groups is 1. The maximum Gasteiger partial charge on any atom is 0.192 e. The quantitative estimate of drug-likeness (QED) is 0.292. The molecule has 4 aromatic rings. The van der Waals surface area contributed by atoms with Gasteiger partial charge in [-0.05, 0) is 6.07 Å². The number of aromatic nitrogens is 4. The third kappa shape index (κ3) is 3.44. The van der Waals surface area contributed by atoms with Crippen molar-refractivity contribution in [1.29, 1.82) is 0 Å². The number of ketones is 1. The first kappa shape index (κ1) is 17.3. The first-order chi connectivity index (χ1) is 13.3. The van der Waals surface area contributed by atoms with Gasteiger partial charge in [0.15, 0.2) is 16.8 Å². The van der Waals surface area contributed by atoms with Gasteiger partial charge in [0.2, 0.25) is 0 Å². The molecule has 0 amide bonds. The van der Waals surface area contributed by atoms with Gasteiger partial charge in [-0.15, -0.1) is 16.8 Å². The lowest BCUT2D eigenvalue weighted by atomic mass is 10.1. The number of hydrogen-bond donors (Lipinski definition) is 1. The highest BCUT2D eigenvalue weighted by atomic mass is 32.2. The van der Waals surface area contributed by atoms with Crippen molar-refractivity contribution in [2.75, 3.05) is 5.75 Å². The smallest absolute Gasteiger partial charge is 0.192 e. The highest BCUT2D eigenvalue weighted by Crippen LogP contribution is 2.26. The van der Waals surface area contributed by atoms with Crippen LogP contribution in [0.15, 0.2) is 78.6 Å². The standard InChI is InChI=1S/C21H18N4OS/c1-2-12-25-20(15-8-4-3-5-9-15)23-24-21(25)27-14-19(26)17-13-22-18-11-7-6-10-16(17)18/h2-11,13,22H,1,12,14H2. The Morgan fingerprint density at radius 1 is 1.11 bits per heavy atom. The zero-order valence-electron chi connectivity index (χ0n) is 14.6. The average Bonchev–Trinajstić information content (AvgIpc) is 3.31. The molecule has 134 valence electrons. The predicted octanol–water partition coefficient (Wildman–Crippen LogP) is 4.59. The minimum Gasteiger partial charge on any atom is -0.360 e. The highest BCUT2D eigenvalue weighted by Gasteiger charge is 2.17. The van der Waals surface area contributed by atoms with Crippen molar-refractivity contribution < 1.29 is 4.79 Å². The van der Waals surface area contributed by atoms with Crippen molar-refractivity contribution >= 4 is 28.4 Å². The normalized spacial score (nSPS) is 11.0. The van der Waals surface area contributed by atoms with Gasteiger partial charge in [-0.3, -0.25) is 9.36 Å². The SMILES string of the molecule is C=CCn1c(SCC(=O)c2c[nH]c3ccccc23)nnc1-c1ccccc1. The van der Waals surface area contributed by atoms with Gasteiger partial charge in [-0.25, -0.2) is 0 Å². The molecule has 0 saturated heterocycles. The summed E-state index contributed by atoms with van der Waals surface area (Å²) in [4.78, 5) is 15.9. The molecular weight excluding hydrogens is 356 g/mol. The van der Waals surface area contributed by atoms with E-state index in [1.54, 1.807) is 12.3 Å². The predicted molar refractivity (Wildman–Crippen MR) is 109 cm³/mol. The van der Waals surface area contributed by atoms with E-state index in [1.807, 2.05) is 59.2 Å². The van der Waals surface area contributed by atoms with Crippen LogP contribution >= 0.6 is 11.8 Å². The molecule has 4 rings (SSSR count). The first-order valence-corrected chi connectivity index (χ1v) is 9.58. The molecule has 5 nitrogen and oxygen atoms in total. The maximum atomic E-state index is 12.7. The number of nitrogens with zero attached hydrogens (tertiary/aromatic N) is 3. The fraction of sp³-hybridized carbons (Fsp3) is 0.0952. The zero-order chi connectivity index (χ0) is 18.6. The number of Topliss-reactive ketones (excluding diaryl/α,β-unsaturated/α-hetero) is 1. The summed E-state index contributed by atoms with van der Waals surface area (Å²) in [5.41, 5.74) is 2.66. The third-order valence-corrected chi connectivity index (χ3v) is 5.25.